The lowest BCUT2D eigenvalue weighted by molar-refractivity contribution is -0.150. The molecule has 11 nitrogen and oxygen atoms in total. The fourth-order valence-corrected chi connectivity index (χ4v) is 4.47. The second-order valence-corrected chi connectivity index (χ2v) is 8.75. The van der Waals surface area contributed by atoms with Crippen LogP contribution in [0.5, 0.6) is 17.2 Å². The van der Waals surface area contributed by atoms with Gasteiger partial charge < -0.3 is 34.4 Å². The van der Waals surface area contributed by atoms with E-state index in [1.807, 2.05) is 0 Å². The number of benzene rings is 3. The van der Waals surface area contributed by atoms with Crippen LogP contribution in [0.2, 0.25) is 0 Å². The van der Waals surface area contributed by atoms with E-state index in [1.54, 1.807) is 12.1 Å². The van der Waals surface area contributed by atoms with Crippen LogP contribution in [0.3, 0.4) is 0 Å². The molecule has 1 unspecified atom stereocenters. The number of carbonyl (C=O) groups excluding carboxylic acids is 3. The molecule has 0 spiro atoms. The van der Waals surface area contributed by atoms with E-state index in [9.17, 15) is 34.5 Å². The number of carboxylic acid groups (broad SMARTS) is 1. The number of methoxy groups -OCH3 is 3. The summed E-state index contributed by atoms with van der Waals surface area (Å²) in [4.78, 5) is 53.5. The van der Waals surface area contributed by atoms with E-state index in [1.165, 1.54) is 56.7 Å². The van der Waals surface area contributed by atoms with Gasteiger partial charge in [0.2, 0.25) is 11.5 Å². The number of esters is 1. The number of hydrogen-bond donors (Lipinski definition) is 3. The van der Waals surface area contributed by atoms with E-state index in [0.29, 0.717) is 11.5 Å². The van der Waals surface area contributed by atoms with Gasteiger partial charge in [-0.1, -0.05) is 0 Å². The Kier molecular flexibility index (Phi) is 7.60. The van der Waals surface area contributed by atoms with Crippen LogP contribution >= 0.6 is 0 Å². The highest BCUT2D eigenvalue weighted by molar-refractivity contribution is 6.37. The Balaban J connectivity index is 2.07. The van der Waals surface area contributed by atoms with Crippen molar-refractivity contribution < 1.29 is 48.7 Å². The summed E-state index contributed by atoms with van der Waals surface area (Å²) in [6, 6.07) is 15.3. The van der Waals surface area contributed by atoms with Crippen LogP contribution < -0.4 is 14.4 Å². The maximum absolute atomic E-state index is 14.0. The maximum atomic E-state index is 14.0. The minimum absolute atomic E-state index is 0.0709. The topological polar surface area (TPSA) is 160 Å². The first kappa shape index (κ1) is 27.9. The van der Waals surface area contributed by atoms with Crippen molar-refractivity contribution in [1.82, 2.24) is 0 Å². The molecule has 11 heteroatoms. The third-order valence-corrected chi connectivity index (χ3v) is 6.43. The van der Waals surface area contributed by atoms with Crippen LogP contribution in [-0.2, 0) is 14.3 Å². The minimum atomic E-state index is -2.76. The Hall–Kier alpha value is -5.16. The van der Waals surface area contributed by atoms with Gasteiger partial charge in [0.25, 0.3) is 0 Å². The van der Waals surface area contributed by atoms with Gasteiger partial charge in [-0.3, -0.25) is 14.4 Å². The van der Waals surface area contributed by atoms with E-state index >= 15 is 0 Å². The lowest BCUT2D eigenvalue weighted by Gasteiger charge is -2.36. The number of carbonyl (C=O) groups is 4. The smallest absolute Gasteiger partial charge is 0.337 e. The zero-order valence-electron chi connectivity index (χ0n) is 21.7. The number of Topliss-reactive ketones (excluding diaryl/α,β-unsaturated/α-hetero) is 2. The lowest BCUT2D eigenvalue weighted by atomic mass is 9.93. The van der Waals surface area contributed by atoms with Gasteiger partial charge in [0, 0.05) is 5.56 Å². The van der Waals surface area contributed by atoms with Gasteiger partial charge in [0.1, 0.15) is 23.7 Å². The first-order valence-corrected chi connectivity index (χ1v) is 11.8. The predicted octanol–water partition coefficient (Wildman–Crippen LogP) is 3.04. The molecule has 1 heterocycles. The van der Waals surface area contributed by atoms with Crippen molar-refractivity contribution in [3.63, 3.8) is 0 Å². The van der Waals surface area contributed by atoms with E-state index in [2.05, 4.69) is 0 Å². The van der Waals surface area contributed by atoms with E-state index in [4.69, 9.17) is 14.2 Å². The minimum Gasteiger partial charge on any atom is -0.508 e. The molecule has 0 radical (unpaired) electrons. The summed E-state index contributed by atoms with van der Waals surface area (Å²) in [5, 5.41) is 31.8. The summed E-state index contributed by atoms with van der Waals surface area (Å²) in [6.45, 7) is 0. The second-order valence-electron chi connectivity index (χ2n) is 8.75. The van der Waals surface area contributed by atoms with Crippen LogP contribution in [0, 0.1) is 0 Å². The summed E-state index contributed by atoms with van der Waals surface area (Å²) in [5.41, 5.74) is -3.87. The van der Waals surface area contributed by atoms with Crippen LogP contribution in [-0.4, -0.2) is 65.9 Å². The highest BCUT2D eigenvalue weighted by Crippen LogP contribution is 2.46. The number of hydrogen-bond acceptors (Lipinski definition) is 10. The Labute approximate surface area is 228 Å². The molecule has 3 N–H and O–H groups in total. The summed E-state index contributed by atoms with van der Waals surface area (Å²) in [5.74, 6) is -3.92. The van der Waals surface area contributed by atoms with Gasteiger partial charge in [0.15, 0.2) is 5.78 Å². The van der Waals surface area contributed by atoms with Crippen molar-refractivity contribution in [3.8, 4) is 17.2 Å². The Morgan fingerprint density at radius 2 is 1.45 bits per heavy atom. The van der Waals surface area contributed by atoms with E-state index in [-0.39, 0.29) is 22.5 Å². The van der Waals surface area contributed by atoms with Crippen LogP contribution in [0.25, 0.3) is 5.70 Å². The summed E-state index contributed by atoms with van der Waals surface area (Å²) in [7, 11) is 3.95. The highest BCUT2D eigenvalue weighted by Gasteiger charge is 2.56. The van der Waals surface area contributed by atoms with Gasteiger partial charge in [-0.15, -0.1) is 0 Å². The Morgan fingerprint density at radius 1 is 0.875 bits per heavy atom. The van der Waals surface area contributed by atoms with Crippen molar-refractivity contribution in [3.05, 3.63) is 89.0 Å². The van der Waals surface area contributed by atoms with Crippen LogP contribution in [0.1, 0.15) is 32.7 Å². The number of anilines is 1. The van der Waals surface area contributed by atoms with Crippen molar-refractivity contribution in [2.45, 2.75) is 12.1 Å². The van der Waals surface area contributed by atoms with Crippen molar-refractivity contribution in [1.29, 1.82) is 0 Å². The van der Waals surface area contributed by atoms with Gasteiger partial charge in [-0.2, -0.15) is 0 Å². The number of phenolic OH excluding ortho intramolecular Hbond substituents is 1. The fourth-order valence-electron chi connectivity index (χ4n) is 4.47. The molecule has 1 aliphatic heterocycles. The molecule has 0 saturated carbocycles. The molecule has 0 aromatic heterocycles. The van der Waals surface area contributed by atoms with E-state index in [0.717, 1.165) is 24.1 Å². The molecule has 0 aliphatic carbocycles. The molecule has 206 valence electrons. The Bertz CT molecular complexity index is 1530. The molecule has 0 fully saturated rings. The number of aromatic carboxylic acids is 1. The quantitative estimate of drug-likeness (QED) is 0.205. The van der Waals surface area contributed by atoms with Gasteiger partial charge in [-0.25, -0.2) is 4.79 Å². The van der Waals surface area contributed by atoms with Crippen LogP contribution in [0.4, 0.5) is 5.69 Å². The predicted molar refractivity (Wildman–Crippen MR) is 141 cm³/mol. The summed E-state index contributed by atoms with van der Waals surface area (Å²) in [6.07, 6.45) is -0.943. The second kappa shape index (κ2) is 10.9. The first-order valence-electron chi connectivity index (χ1n) is 11.8. The maximum Gasteiger partial charge on any atom is 0.337 e. The van der Waals surface area contributed by atoms with Gasteiger partial charge in [-0.05, 0) is 72.3 Å². The number of ether oxygens (including phenoxy) is 3. The average molecular weight is 548 g/mol. The van der Waals surface area contributed by atoms with Crippen LogP contribution in [0.15, 0.2) is 72.3 Å². The molecule has 1 atom stereocenters. The molecule has 3 aromatic carbocycles. The Morgan fingerprint density at radius 3 is 1.98 bits per heavy atom. The van der Waals surface area contributed by atoms with Gasteiger partial charge in [0.05, 0.1) is 43.9 Å². The number of nitrogens with zero attached hydrogens (tertiary/aromatic N) is 1. The summed E-state index contributed by atoms with van der Waals surface area (Å²) < 4.78 is 15.1. The molecule has 1 aliphatic rings. The number of phenols is 1. The molecule has 3 aromatic rings. The monoisotopic (exact) mass is 547 g/mol. The van der Waals surface area contributed by atoms with Gasteiger partial charge >= 0.3 is 11.9 Å². The number of rotatable bonds is 9. The SMILES string of the molecule is COC(=O)CC1(O)C(=O)C(C(=O)c2ccc(OC)cc2)=C(c2ccc(OC)cc2)N1c1ccc(O)cc1C(=O)O. The number of aliphatic hydroxyl groups is 1. The molecule has 0 saturated heterocycles. The lowest BCUT2D eigenvalue weighted by Crippen LogP contribution is -2.52. The molecular formula is C29H25NO10. The largest absolute Gasteiger partial charge is 0.508 e. The molecule has 0 bridgehead atoms. The third kappa shape index (κ3) is 4.85. The standard InChI is InChI=1S/C29H25NO10/c1-38-19-9-4-16(5-10-19)25-24(26(33)17-6-11-20(39-2)12-7-17)27(34)29(37,15-23(32)40-3)30(25)22-13-8-18(31)14-21(22)28(35)36/h4-14,31,37H,15H2,1-3H3,(H,35,36). The molecule has 4 rings (SSSR count). The zero-order valence-corrected chi connectivity index (χ0v) is 21.7. The van der Waals surface area contributed by atoms with E-state index < -0.39 is 52.5 Å². The zero-order chi connectivity index (χ0) is 29.2. The molecule has 40 heavy (non-hydrogen) atoms. The number of ketones is 2. The van der Waals surface area contributed by atoms with Crippen molar-refractivity contribution in [2.75, 3.05) is 26.2 Å². The molecular weight excluding hydrogens is 522 g/mol. The first-order chi connectivity index (χ1) is 19.0. The van der Waals surface area contributed by atoms with Crippen molar-refractivity contribution in [2.24, 2.45) is 0 Å². The summed E-state index contributed by atoms with van der Waals surface area (Å²) >= 11 is 0. The number of aromatic hydroxyl groups is 1. The fraction of sp³-hybridized carbons (Fsp3) is 0.172. The average Bonchev–Trinajstić information content (AvgIpc) is 3.18. The normalized spacial score (nSPS) is 16.6. The highest BCUT2D eigenvalue weighted by atomic mass is 16.5. The van der Waals surface area contributed by atoms with Crippen molar-refractivity contribution >= 4 is 34.9 Å². The number of carboxylic acids is 1. The molecule has 0 amide bonds. The third-order valence-electron chi connectivity index (χ3n) is 6.43.